The van der Waals surface area contributed by atoms with Gasteiger partial charge in [-0.1, -0.05) is 5.16 Å². The summed E-state index contributed by atoms with van der Waals surface area (Å²) in [4.78, 5) is 14.8. The van der Waals surface area contributed by atoms with Crippen LogP contribution in [-0.2, 0) is 14.8 Å². The molecule has 2 aromatic rings. The van der Waals surface area contributed by atoms with Crippen molar-refractivity contribution in [1.82, 2.24) is 14.8 Å². The van der Waals surface area contributed by atoms with Gasteiger partial charge in [0.2, 0.25) is 15.9 Å². The number of amides is 1. The summed E-state index contributed by atoms with van der Waals surface area (Å²) in [7, 11) is -0.806. The molecule has 3 rings (SSSR count). The smallest absolute Gasteiger partial charge is 0.246 e. The van der Waals surface area contributed by atoms with Crippen LogP contribution in [0.4, 0.5) is 0 Å². The average molecular weight is 438 g/mol. The molecule has 0 bridgehead atoms. The molecule has 1 aliphatic rings. The van der Waals surface area contributed by atoms with E-state index in [0.29, 0.717) is 18.0 Å². The van der Waals surface area contributed by atoms with Crippen molar-refractivity contribution in [2.24, 2.45) is 0 Å². The lowest BCUT2D eigenvalue weighted by Crippen LogP contribution is -2.46. The average Bonchev–Trinajstić information content (AvgIpc) is 3.33. The van der Waals surface area contributed by atoms with Crippen LogP contribution in [0.3, 0.4) is 0 Å². The number of carbonyl (C=O) groups excluding carboxylic acids is 1. The van der Waals surface area contributed by atoms with Gasteiger partial charge in [-0.25, -0.2) is 8.42 Å². The van der Waals surface area contributed by atoms with Crippen molar-refractivity contribution in [3.8, 4) is 11.5 Å². The first-order valence-electron chi connectivity index (χ1n) is 9.67. The molecule has 0 saturated carbocycles. The van der Waals surface area contributed by atoms with Gasteiger partial charge in [0.05, 0.1) is 26.3 Å². The highest BCUT2D eigenvalue weighted by molar-refractivity contribution is 7.89. The zero-order chi connectivity index (χ0) is 22.1. The summed E-state index contributed by atoms with van der Waals surface area (Å²) in [5, 5.41) is 3.68. The van der Waals surface area contributed by atoms with Crippen LogP contribution in [0.15, 0.2) is 27.6 Å². The van der Waals surface area contributed by atoms with E-state index in [2.05, 4.69) is 9.88 Å². The minimum absolute atomic E-state index is 0.0306. The molecule has 1 fully saturated rings. The molecular weight excluding hydrogens is 410 g/mol. The second kappa shape index (κ2) is 8.65. The minimum atomic E-state index is -3.95. The predicted molar refractivity (Wildman–Crippen MR) is 109 cm³/mol. The number of ether oxygens (including phenoxy) is 2. The number of nitrogens with one attached hydrogen (secondary N) is 1. The zero-order valence-electron chi connectivity index (χ0n) is 17.8. The monoisotopic (exact) mass is 437 g/mol. The molecule has 164 valence electrons. The van der Waals surface area contributed by atoms with Crippen LogP contribution in [0.1, 0.15) is 42.8 Å². The molecule has 10 heteroatoms. The molecular formula is C20H27N3O6S. The van der Waals surface area contributed by atoms with E-state index in [0.717, 1.165) is 18.4 Å². The van der Waals surface area contributed by atoms with E-state index in [-0.39, 0.29) is 28.3 Å². The number of likely N-dealkylation sites (tertiary alicyclic amines) is 1. The van der Waals surface area contributed by atoms with Crippen LogP contribution in [0.5, 0.6) is 11.5 Å². The first kappa shape index (κ1) is 22.1. The van der Waals surface area contributed by atoms with Crippen molar-refractivity contribution in [3.05, 3.63) is 35.2 Å². The topological polar surface area (TPSA) is 111 Å². The molecule has 1 unspecified atom stereocenters. The Balaban J connectivity index is 1.82. The van der Waals surface area contributed by atoms with Gasteiger partial charge in [-0.2, -0.15) is 4.72 Å². The molecule has 1 amide bonds. The summed E-state index contributed by atoms with van der Waals surface area (Å²) < 4.78 is 43.7. The molecule has 0 radical (unpaired) electrons. The van der Waals surface area contributed by atoms with Gasteiger partial charge in [0.15, 0.2) is 5.76 Å². The van der Waals surface area contributed by atoms with Crippen LogP contribution in [-0.4, -0.2) is 51.2 Å². The maximum Gasteiger partial charge on any atom is 0.246 e. The lowest BCUT2D eigenvalue weighted by atomic mass is 10.0. The molecule has 1 aliphatic heterocycles. The Labute approximate surface area is 176 Å². The fourth-order valence-corrected chi connectivity index (χ4v) is 5.42. The van der Waals surface area contributed by atoms with Crippen LogP contribution in [0.25, 0.3) is 0 Å². The predicted octanol–water partition coefficient (Wildman–Crippen LogP) is 2.34. The molecule has 1 aromatic carbocycles. The molecule has 1 saturated heterocycles. The number of nitrogens with zero attached hydrogens (tertiary/aromatic N) is 2. The van der Waals surface area contributed by atoms with Crippen molar-refractivity contribution in [2.75, 3.05) is 20.8 Å². The molecule has 2 heterocycles. The maximum absolute atomic E-state index is 13.2. The summed E-state index contributed by atoms with van der Waals surface area (Å²) in [5.41, 5.74) is 1.12. The minimum Gasteiger partial charge on any atom is -0.497 e. The number of sulfonamides is 1. The van der Waals surface area contributed by atoms with Crippen molar-refractivity contribution < 1.29 is 27.2 Å². The highest BCUT2D eigenvalue weighted by Crippen LogP contribution is 2.39. The van der Waals surface area contributed by atoms with Crippen LogP contribution >= 0.6 is 0 Å². The first-order valence-corrected chi connectivity index (χ1v) is 11.2. The molecule has 30 heavy (non-hydrogen) atoms. The number of hydrogen-bond acceptors (Lipinski definition) is 7. The summed E-state index contributed by atoms with van der Waals surface area (Å²) in [6, 6.07) is 4.33. The molecule has 1 N–H and O–H groups in total. The number of methoxy groups -OCH3 is 2. The Hall–Kier alpha value is -2.59. The van der Waals surface area contributed by atoms with Crippen LogP contribution < -0.4 is 14.2 Å². The van der Waals surface area contributed by atoms with E-state index in [1.165, 1.54) is 6.92 Å². The number of carbonyl (C=O) groups is 1. The highest BCUT2D eigenvalue weighted by atomic mass is 32.2. The second-order valence-corrected chi connectivity index (χ2v) is 8.94. The third-order valence-electron chi connectivity index (χ3n) is 5.27. The Morgan fingerprint density at radius 1 is 1.30 bits per heavy atom. The van der Waals surface area contributed by atoms with Gasteiger partial charge in [-0.3, -0.25) is 4.79 Å². The summed E-state index contributed by atoms with van der Waals surface area (Å²) in [5.74, 6) is 1.17. The third-order valence-corrected chi connectivity index (χ3v) is 7.06. The molecule has 0 spiro atoms. The van der Waals surface area contributed by atoms with E-state index in [9.17, 15) is 13.2 Å². The second-order valence-electron chi connectivity index (χ2n) is 7.29. The van der Waals surface area contributed by atoms with E-state index in [1.54, 1.807) is 39.0 Å². The number of aryl methyl sites for hydroxylation is 2. The van der Waals surface area contributed by atoms with Gasteiger partial charge in [0.25, 0.3) is 0 Å². The Morgan fingerprint density at radius 2 is 2.03 bits per heavy atom. The third kappa shape index (κ3) is 4.15. The number of aromatic nitrogens is 1. The van der Waals surface area contributed by atoms with Crippen molar-refractivity contribution in [1.29, 1.82) is 0 Å². The molecule has 1 aromatic heterocycles. The summed E-state index contributed by atoms with van der Waals surface area (Å²) in [6.45, 7) is 5.15. The summed E-state index contributed by atoms with van der Waals surface area (Å²) in [6.07, 6.45) is 1.58. The van der Waals surface area contributed by atoms with E-state index in [1.807, 2.05) is 12.1 Å². The SMILES string of the molecule is COc1ccc(C2CCCN2C(=O)[C@H](C)NS(=O)(=O)c2c(C)noc2C)c(OC)c1. The lowest BCUT2D eigenvalue weighted by molar-refractivity contribution is -0.133. The molecule has 0 aliphatic carbocycles. The van der Waals surface area contributed by atoms with Gasteiger partial charge in [0.1, 0.15) is 22.1 Å². The fourth-order valence-electron chi connectivity index (χ4n) is 3.90. The van der Waals surface area contributed by atoms with Gasteiger partial charge >= 0.3 is 0 Å². The Kier molecular flexibility index (Phi) is 6.37. The molecule has 9 nitrogen and oxygen atoms in total. The zero-order valence-corrected chi connectivity index (χ0v) is 18.6. The van der Waals surface area contributed by atoms with E-state index >= 15 is 0 Å². The van der Waals surface area contributed by atoms with Crippen LogP contribution in [0.2, 0.25) is 0 Å². The van der Waals surface area contributed by atoms with Gasteiger partial charge in [-0.05, 0) is 45.7 Å². The Bertz CT molecular complexity index is 1010. The van der Waals surface area contributed by atoms with Crippen molar-refractivity contribution in [2.45, 2.75) is 50.6 Å². The van der Waals surface area contributed by atoms with Crippen molar-refractivity contribution in [3.63, 3.8) is 0 Å². The number of hydrogen-bond donors (Lipinski definition) is 1. The van der Waals surface area contributed by atoms with E-state index in [4.69, 9.17) is 14.0 Å². The van der Waals surface area contributed by atoms with Gasteiger partial charge in [0, 0.05) is 18.2 Å². The van der Waals surface area contributed by atoms with Crippen LogP contribution in [0, 0.1) is 13.8 Å². The van der Waals surface area contributed by atoms with E-state index < -0.39 is 16.1 Å². The van der Waals surface area contributed by atoms with Gasteiger partial charge < -0.3 is 18.9 Å². The maximum atomic E-state index is 13.2. The van der Waals surface area contributed by atoms with Crippen molar-refractivity contribution >= 4 is 15.9 Å². The molecule has 2 atom stereocenters. The number of benzene rings is 1. The quantitative estimate of drug-likeness (QED) is 0.708. The van der Waals surface area contributed by atoms with Gasteiger partial charge in [-0.15, -0.1) is 0 Å². The fraction of sp³-hybridized carbons (Fsp3) is 0.500. The number of rotatable bonds is 7. The first-order chi connectivity index (χ1) is 14.2. The highest BCUT2D eigenvalue weighted by Gasteiger charge is 2.36. The Morgan fingerprint density at radius 3 is 2.63 bits per heavy atom. The summed E-state index contributed by atoms with van der Waals surface area (Å²) >= 11 is 0. The standard InChI is InChI=1S/C20H27N3O6S/c1-12-19(14(3)29-21-12)30(25,26)22-13(2)20(24)23-10-6-7-17(23)16-9-8-15(27-4)11-18(16)28-5/h8-9,11,13,17,22H,6-7,10H2,1-5H3/t13-,17?/m0/s1. The lowest BCUT2D eigenvalue weighted by Gasteiger charge is -2.29. The normalized spacial score (nSPS) is 17.8. The largest absolute Gasteiger partial charge is 0.497 e.